The molecule has 1 aliphatic heterocycles. The largest absolute Gasteiger partial charge is 0.340 e. The first-order valence-corrected chi connectivity index (χ1v) is 8.76. The van der Waals surface area contributed by atoms with Gasteiger partial charge in [-0.3, -0.25) is 9.69 Å². The number of nitrogens with zero attached hydrogens (tertiary/aromatic N) is 6. The minimum Gasteiger partial charge on any atom is -0.340 e. The quantitative estimate of drug-likeness (QED) is 0.825. The van der Waals surface area contributed by atoms with Gasteiger partial charge in [-0.25, -0.2) is 4.52 Å². The summed E-state index contributed by atoms with van der Waals surface area (Å²) in [5.74, 6) is 0.242. The molecule has 3 rings (SSSR count). The van der Waals surface area contributed by atoms with Crippen molar-refractivity contribution in [3.05, 3.63) is 23.1 Å². The SMILES string of the molecule is CCCN1CCN(C(=O)CCc2c(C)nn3cnnc3c2C)CC1. The van der Waals surface area contributed by atoms with Crippen LogP contribution in [0.4, 0.5) is 0 Å². The molecule has 1 fully saturated rings. The number of carbonyl (C=O) groups excluding carboxylic acids is 1. The molecule has 0 aliphatic carbocycles. The minimum atomic E-state index is 0.242. The zero-order chi connectivity index (χ0) is 17.1. The van der Waals surface area contributed by atoms with Crippen LogP contribution in [0, 0.1) is 13.8 Å². The second kappa shape index (κ2) is 7.25. The highest BCUT2D eigenvalue weighted by atomic mass is 16.2. The van der Waals surface area contributed by atoms with Crippen LogP contribution < -0.4 is 0 Å². The van der Waals surface area contributed by atoms with Crippen molar-refractivity contribution in [1.29, 1.82) is 0 Å². The average molecular weight is 330 g/mol. The van der Waals surface area contributed by atoms with Gasteiger partial charge in [0.1, 0.15) is 6.33 Å². The van der Waals surface area contributed by atoms with E-state index in [1.54, 1.807) is 10.8 Å². The van der Waals surface area contributed by atoms with Crippen LogP contribution >= 0.6 is 0 Å². The lowest BCUT2D eigenvalue weighted by molar-refractivity contribution is -0.132. The fourth-order valence-electron chi connectivity index (χ4n) is 3.47. The van der Waals surface area contributed by atoms with Crippen LogP contribution in [-0.2, 0) is 11.2 Å². The Morgan fingerprint density at radius 3 is 2.67 bits per heavy atom. The molecule has 7 nitrogen and oxygen atoms in total. The smallest absolute Gasteiger partial charge is 0.222 e. The van der Waals surface area contributed by atoms with Gasteiger partial charge in [0.25, 0.3) is 0 Å². The Morgan fingerprint density at radius 2 is 1.96 bits per heavy atom. The Bertz CT molecular complexity index is 717. The predicted octanol–water partition coefficient (Wildman–Crippen LogP) is 1.23. The van der Waals surface area contributed by atoms with E-state index >= 15 is 0 Å². The first-order valence-electron chi connectivity index (χ1n) is 8.76. The Balaban J connectivity index is 1.61. The Labute approximate surface area is 142 Å². The van der Waals surface area contributed by atoms with E-state index in [9.17, 15) is 4.79 Å². The van der Waals surface area contributed by atoms with Crippen molar-refractivity contribution >= 4 is 11.6 Å². The molecule has 0 unspecified atom stereocenters. The van der Waals surface area contributed by atoms with Crippen LogP contribution in [0.2, 0.25) is 0 Å². The van der Waals surface area contributed by atoms with Gasteiger partial charge in [0.05, 0.1) is 5.69 Å². The summed E-state index contributed by atoms with van der Waals surface area (Å²) in [4.78, 5) is 17.0. The average Bonchev–Trinajstić information content (AvgIpc) is 3.04. The summed E-state index contributed by atoms with van der Waals surface area (Å²) < 4.78 is 1.70. The van der Waals surface area contributed by atoms with Crippen LogP contribution in [0.3, 0.4) is 0 Å². The number of aryl methyl sites for hydroxylation is 2. The number of aromatic nitrogens is 4. The van der Waals surface area contributed by atoms with Crippen LogP contribution in [-0.4, -0.2) is 68.2 Å². The molecule has 1 saturated heterocycles. The lowest BCUT2D eigenvalue weighted by atomic mass is 10.0. The molecular weight excluding hydrogens is 304 g/mol. The van der Waals surface area contributed by atoms with Gasteiger partial charge in [-0.1, -0.05) is 6.92 Å². The molecule has 0 aromatic carbocycles. The highest BCUT2D eigenvalue weighted by molar-refractivity contribution is 5.76. The van der Waals surface area contributed by atoms with E-state index in [0.717, 1.165) is 55.2 Å². The van der Waals surface area contributed by atoms with Crippen molar-refractivity contribution in [2.45, 2.75) is 40.0 Å². The van der Waals surface area contributed by atoms with Crippen molar-refractivity contribution < 1.29 is 4.79 Å². The number of hydrogen-bond donors (Lipinski definition) is 0. The zero-order valence-corrected chi connectivity index (χ0v) is 14.8. The number of fused-ring (bicyclic) bond motifs is 1. The van der Waals surface area contributed by atoms with Gasteiger partial charge < -0.3 is 4.90 Å². The van der Waals surface area contributed by atoms with Crippen molar-refractivity contribution in [3.63, 3.8) is 0 Å². The molecule has 2 aromatic rings. The van der Waals surface area contributed by atoms with Gasteiger partial charge in [0, 0.05) is 38.2 Å². The number of carbonyl (C=O) groups is 1. The predicted molar refractivity (Wildman–Crippen MR) is 91.9 cm³/mol. The fourth-order valence-corrected chi connectivity index (χ4v) is 3.47. The highest BCUT2D eigenvalue weighted by Crippen LogP contribution is 2.18. The Kier molecular flexibility index (Phi) is 5.08. The molecule has 0 spiro atoms. The van der Waals surface area contributed by atoms with E-state index in [1.165, 1.54) is 6.42 Å². The third-order valence-corrected chi connectivity index (χ3v) is 4.87. The molecule has 0 N–H and O–H groups in total. The first-order chi connectivity index (χ1) is 11.6. The van der Waals surface area contributed by atoms with Crippen LogP contribution in [0.5, 0.6) is 0 Å². The Morgan fingerprint density at radius 1 is 1.21 bits per heavy atom. The van der Waals surface area contributed by atoms with Crippen LogP contribution in [0.25, 0.3) is 5.65 Å². The maximum Gasteiger partial charge on any atom is 0.222 e. The lowest BCUT2D eigenvalue weighted by Gasteiger charge is -2.34. The summed E-state index contributed by atoms with van der Waals surface area (Å²) >= 11 is 0. The number of hydrogen-bond acceptors (Lipinski definition) is 5. The molecule has 0 bridgehead atoms. The molecule has 0 radical (unpaired) electrons. The van der Waals surface area contributed by atoms with E-state index in [2.05, 4.69) is 27.1 Å². The summed E-state index contributed by atoms with van der Waals surface area (Å²) in [5, 5.41) is 12.5. The van der Waals surface area contributed by atoms with Gasteiger partial charge in [0.2, 0.25) is 5.91 Å². The molecule has 7 heteroatoms. The van der Waals surface area contributed by atoms with Crippen LogP contribution in [0.1, 0.15) is 36.6 Å². The van der Waals surface area contributed by atoms with Gasteiger partial charge in [-0.05, 0) is 38.8 Å². The minimum absolute atomic E-state index is 0.242. The lowest BCUT2D eigenvalue weighted by Crippen LogP contribution is -2.48. The summed E-state index contributed by atoms with van der Waals surface area (Å²) in [6.07, 6.45) is 4.02. The Hall–Kier alpha value is -2.02. The standard InChI is InChI=1S/C17H26N6O/c1-4-7-21-8-10-22(11-9-21)16(24)6-5-15-13(2)17-19-18-12-23(17)20-14(15)3/h12H,4-11H2,1-3H3. The third-order valence-electron chi connectivity index (χ3n) is 4.87. The van der Waals surface area contributed by atoms with Crippen LogP contribution in [0.15, 0.2) is 6.33 Å². The van der Waals surface area contributed by atoms with Gasteiger partial charge in [-0.15, -0.1) is 10.2 Å². The van der Waals surface area contributed by atoms with E-state index in [4.69, 9.17) is 0 Å². The second-order valence-corrected chi connectivity index (χ2v) is 6.51. The fraction of sp³-hybridized carbons (Fsp3) is 0.647. The van der Waals surface area contributed by atoms with Crippen molar-refractivity contribution in [2.75, 3.05) is 32.7 Å². The summed E-state index contributed by atoms with van der Waals surface area (Å²) in [7, 11) is 0. The monoisotopic (exact) mass is 330 g/mol. The topological polar surface area (TPSA) is 66.6 Å². The molecular formula is C17H26N6O. The van der Waals surface area contributed by atoms with Gasteiger partial charge in [0.15, 0.2) is 5.65 Å². The zero-order valence-electron chi connectivity index (χ0n) is 14.8. The molecule has 1 amide bonds. The third kappa shape index (κ3) is 3.40. The van der Waals surface area contributed by atoms with Crippen molar-refractivity contribution in [3.8, 4) is 0 Å². The molecule has 24 heavy (non-hydrogen) atoms. The molecule has 2 aromatic heterocycles. The van der Waals surface area contributed by atoms with E-state index in [1.807, 2.05) is 18.7 Å². The molecule has 0 saturated carbocycles. The number of piperazine rings is 1. The summed E-state index contributed by atoms with van der Waals surface area (Å²) in [6.45, 7) is 11.0. The number of amides is 1. The maximum atomic E-state index is 12.5. The van der Waals surface area contributed by atoms with E-state index < -0.39 is 0 Å². The van der Waals surface area contributed by atoms with Crippen molar-refractivity contribution in [1.82, 2.24) is 29.6 Å². The van der Waals surface area contributed by atoms with E-state index in [-0.39, 0.29) is 5.91 Å². The summed E-state index contributed by atoms with van der Waals surface area (Å²) in [6, 6.07) is 0. The first kappa shape index (κ1) is 16.8. The van der Waals surface area contributed by atoms with Crippen molar-refractivity contribution in [2.24, 2.45) is 0 Å². The van der Waals surface area contributed by atoms with Gasteiger partial charge in [-0.2, -0.15) is 5.10 Å². The number of rotatable bonds is 5. The van der Waals surface area contributed by atoms with E-state index in [0.29, 0.717) is 12.8 Å². The second-order valence-electron chi connectivity index (χ2n) is 6.51. The molecule has 1 aliphatic rings. The normalized spacial score (nSPS) is 16.0. The molecule has 130 valence electrons. The molecule has 3 heterocycles. The van der Waals surface area contributed by atoms with Gasteiger partial charge >= 0.3 is 0 Å². The highest BCUT2D eigenvalue weighted by Gasteiger charge is 2.21. The maximum absolute atomic E-state index is 12.5. The summed E-state index contributed by atoms with van der Waals surface area (Å²) in [5.41, 5.74) is 3.91. The molecule has 0 atom stereocenters.